The van der Waals surface area contributed by atoms with Crippen molar-refractivity contribution in [2.75, 3.05) is 0 Å². The minimum Gasteiger partial charge on any atom is -0.428 e. The number of alkyl halides is 3. The molecule has 0 fully saturated rings. The fourth-order valence-corrected chi connectivity index (χ4v) is 9.56. The van der Waals surface area contributed by atoms with Gasteiger partial charge >= 0.3 is 15.6 Å². The van der Waals surface area contributed by atoms with Crippen molar-refractivity contribution in [2.24, 2.45) is 0 Å². The first kappa shape index (κ1) is 27.1. The summed E-state index contributed by atoms with van der Waals surface area (Å²) in [5, 5.41) is 0.871. The highest BCUT2D eigenvalue weighted by molar-refractivity contribution is 8.33. The number of benzene rings is 4. The Morgan fingerprint density at radius 2 is 1.03 bits per heavy atom. The Balaban J connectivity index is 1.90. The molecule has 0 aromatic heterocycles. The van der Waals surface area contributed by atoms with E-state index >= 15 is 0 Å². The van der Waals surface area contributed by atoms with Crippen LogP contribution >= 0.6 is 10.3 Å². The van der Waals surface area contributed by atoms with Crippen molar-refractivity contribution in [1.82, 2.24) is 0 Å². The Labute approximate surface area is 217 Å². The van der Waals surface area contributed by atoms with E-state index in [0.717, 1.165) is 16.3 Å². The predicted molar refractivity (Wildman–Crippen MR) is 143 cm³/mol. The molecule has 0 saturated carbocycles. The van der Waals surface area contributed by atoms with E-state index in [1.165, 1.54) is 0 Å². The minimum absolute atomic E-state index is 0.294. The van der Waals surface area contributed by atoms with Gasteiger partial charge < -0.3 is 4.80 Å². The topological polar surface area (TPSA) is 63.6 Å². The lowest BCUT2D eigenvalue weighted by Crippen LogP contribution is -2.41. The van der Waals surface area contributed by atoms with Crippen molar-refractivity contribution >= 4 is 33.9 Å². The first-order valence-electron chi connectivity index (χ1n) is 11.2. The molecule has 194 valence electrons. The quantitative estimate of drug-likeness (QED) is 0.198. The maximum absolute atomic E-state index is 13.6. The average Bonchev–Trinajstić information content (AvgIpc) is 2.87. The molecule has 0 spiro atoms. The molecule has 1 N–H and O–H groups in total. The molecule has 10 heteroatoms. The van der Waals surface area contributed by atoms with Gasteiger partial charge in [0.25, 0.3) is 0 Å². The standard InChI is InChI=1S/C27H25F3O4S2Si/c1-37(2,33)26-19-15-22(16-20-26)21-13-17-25(18-14-21)35(23-9-5-3-6-10-23,24-11-7-4-8-12-24)34-36(31,32)27(28,29)30/h3-20,33H,1-2H3. The molecule has 4 aromatic carbocycles. The van der Waals surface area contributed by atoms with Gasteiger partial charge in [-0.05, 0) is 76.1 Å². The molecule has 0 bridgehead atoms. The highest BCUT2D eigenvalue weighted by Crippen LogP contribution is 2.70. The highest BCUT2D eigenvalue weighted by Gasteiger charge is 2.52. The summed E-state index contributed by atoms with van der Waals surface area (Å²) in [5.41, 5.74) is -3.97. The van der Waals surface area contributed by atoms with Crippen LogP contribution in [-0.4, -0.2) is 27.0 Å². The van der Waals surface area contributed by atoms with E-state index in [4.69, 9.17) is 3.63 Å². The zero-order valence-corrected chi connectivity index (χ0v) is 22.6. The minimum atomic E-state index is -5.96. The van der Waals surface area contributed by atoms with Crippen LogP contribution in [0.3, 0.4) is 0 Å². The van der Waals surface area contributed by atoms with Gasteiger partial charge in [0, 0.05) is 14.7 Å². The van der Waals surface area contributed by atoms with Crippen LogP contribution in [0.25, 0.3) is 11.1 Å². The summed E-state index contributed by atoms with van der Waals surface area (Å²) in [6.45, 7) is 3.64. The average molecular weight is 563 g/mol. The molecule has 4 nitrogen and oxygen atoms in total. The van der Waals surface area contributed by atoms with E-state index in [1.807, 2.05) is 37.4 Å². The van der Waals surface area contributed by atoms with Gasteiger partial charge in [0.15, 0.2) is 0 Å². The molecule has 0 atom stereocenters. The molecular formula is C27H25F3O4S2Si. The second-order valence-electron chi connectivity index (χ2n) is 8.81. The van der Waals surface area contributed by atoms with Crippen molar-refractivity contribution in [3.8, 4) is 11.1 Å². The summed E-state index contributed by atoms with van der Waals surface area (Å²) in [6, 6.07) is 30.3. The fourth-order valence-electron chi connectivity index (χ4n) is 3.83. The molecule has 37 heavy (non-hydrogen) atoms. The van der Waals surface area contributed by atoms with Crippen molar-refractivity contribution in [3.63, 3.8) is 0 Å². The van der Waals surface area contributed by atoms with E-state index in [9.17, 15) is 26.4 Å². The van der Waals surface area contributed by atoms with E-state index < -0.39 is 34.3 Å². The van der Waals surface area contributed by atoms with E-state index in [1.54, 1.807) is 84.9 Å². The van der Waals surface area contributed by atoms with Crippen molar-refractivity contribution in [2.45, 2.75) is 33.3 Å². The van der Waals surface area contributed by atoms with Crippen LogP contribution in [0.2, 0.25) is 13.1 Å². The lowest BCUT2D eigenvalue weighted by atomic mass is 10.1. The maximum Gasteiger partial charge on any atom is 0.524 e. The second-order valence-corrected chi connectivity index (χ2v) is 16.9. The van der Waals surface area contributed by atoms with Crippen molar-refractivity contribution < 1.29 is 30.0 Å². The molecule has 4 aromatic rings. The van der Waals surface area contributed by atoms with E-state index in [2.05, 4.69) is 0 Å². The number of hydrogen-bond acceptors (Lipinski definition) is 4. The lowest BCUT2D eigenvalue weighted by molar-refractivity contribution is -0.0496. The van der Waals surface area contributed by atoms with Crippen LogP contribution < -0.4 is 5.19 Å². The Hall–Kier alpha value is -2.89. The van der Waals surface area contributed by atoms with Crippen LogP contribution in [0.4, 0.5) is 13.2 Å². The molecule has 0 saturated heterocycles. The van der Waals surface area contributed by atoms with Crippen LogP contribution in [0.5, 0.6) is 0 Å². The Morgan fingerprint density at radius 3 is 1.41 bits per heavy atom. The van der Waals surface area contributed by atoms with Gasteiger partial charge in [-0.15, -0.1) is 0 Å². The Morgan fingerprint density at radius 1 is 0.649 bits per heavy atom. The van der Waals surface area contributed by atoms with Gasteiger partial charge in [0.1, 0.15) is 0 Å². The van der Waals surface area contributed by atoms with E-state index in [0.29, 0.717) is 14.7 Å². The highest BCUT2D eigenvalue weighted by atomic mass is 32.3. The van der Waals surface area contributed by atoms with Crippen LogP contribution in [0.1, 0.15) is 0 Å². The van der Waals surface area contributed by atoms with Gasteiger partial charge in [-0.25, -0.2) is 0 Å². The molecule has 0 unspecified atom stereocenters. The van der Waals surface area contributed by atoms with Crippen molar-refractivity contribution in [1.29, 1.82) is 0 Å². The predicted octanol–water partition coefficient (Wildman–Crippen LogP) is 6.82. The summed E-state index contributed by atoms with van der Waals surface area (Å²) in [5.74, 6) is 0. The third-order valence-electron chi connectivity index (χ3n) is 5.74. The second kappa shape index (κ2) is 10.1. The summed E-state index contributed by atoms with van der Waals surface area (Å²) in [6.07, 6.45) is 0. The first-order valence-corrected chi connectivity index (χ1v) is 17.2. The number of halogens is 3. The molecule has 0 aliphatic carbocycles. The van der Waals surface area contributed by atoms with Crippen LogP contribution in [-0.2, 0) is 13.7 Å². The zero-order valence-electron chi connectivity index (χ0n) is 20.0. The smallest absolute Gasteiger partial charge is 0.428 e. The van der Waals surface area contributed by atoms with Gasteiger partial charge in [0.2, 0.25) is 8.32 Å². The zero-order chi connectivity index (χ0) is 26.9. The molecule has 0 amide bonds. The van der Waals surface area contributed by atoms with Crippen molar-refractivity contribution in [3.05, 3.63) is 109 Å². The third kappa shape index (κ3) is 5.53. The molecular weight excluding hydrogens is 538 g/mol. The maximum atomic E-state index is 13.6. The SMILES string of the molecule is C[Si](C)(O)c1ccc(-c2ccc(S(OS(=O)(=O)C(F)(F)F)(c3ccccc3)c3ccccc3)cc2)cc1. The monoisotopic (exact) mass is 562 g/mol. The van der Waals surface area contributed by atoms with Gasteiger partial charge in [0.05, 0.1) is 0 Å². The Kier molecular flexibility index (Phi) is 7.42. The number of hydrogen-bond donors (Lipinski definition) is 1. The molecule has 0 radical (unpaired) electrons. The largest absolute Gasteiger partial charge is 0.524 e. The first-order chi connectivity index (χ1) is 17.3. The molecule has 0 aliphatic heterocycles. The van der Waals surface area contributed by atoms with Gasteiger partial charge in [-0.1, -0.05) is 72.8 Å². The summed E-state index contributed by atoms with van der Waals surface area (Å²) >= 11 is 0. The normalized spacial score (nSPS) is 13.4. The Bertz CT molecular complexity index is 1410. The third-order valence-corrected chi connectivity index (χ3v) is 12.4. The lowest BCUT2D eigenvalue weighted by Gasteiger charge is -2.39. The van der Waals surface area contributed by atoms with Crippen LogP contribution in [0.15, 0.2) is 124 Å². The molecule has 4 rings (SSSR count). The summed E-state index contributed by atoms with van der Waals surface area (Å²) < 4.78 is 70.9. The van der Waals surface area contributed by atoms with Gasteiger partial charge in [-0.2, -0.15) is 25.2 Å². The number of rotatable bonds is 7. The molecule has 0 aliphatic rings. The van der Waals surface area contributed by atoms with Crippen LogP contribution in [0, 0.1) is 0 Å². The van der Waals surface area contributed by atoms with Gasteiger partial charge in [-0.3, -0.25) is 0 Å². The fraction of sp³-hybridized carbons (Fsp3) is 0.111. The molecule has 0 heterocycles. The summed E-state index contributed by atoms with van der Waals surface area (Å²) in [4.78, 5) is 11.2. The van der Waals surface area contributed by atoms with E-state index in [-0.39, 0.29) is 0 Å². The summed E-state index contributed by atoms with van der Waals surface area (Å²) in [7, 11) is -11.8.